The van der Waals surface area contributed by atoms with Crippen molar-refractivity contribution < 1.29 is 22.4 Å². The summed E-state index contributed by atoms with van der Waals surface area (Å²) in [4.78, 5) is 4.24. The third-order valence-corrected chi connectivity index (χ3v) is 1.99. The van der Waals surface area contributed by atoms with Gasteiger partial charge in [0.2, 0.25) is 0 Å². The molecule has 1 aliphatic rings. The molecule has 0 bridgehead atoms. The quantitative estimate of drug-likeness (QED) is 0.522. The van der Waals surface area contributed by atoms with E-state index in [1.54, 1.807) is 0 Å². The second kappa shape index (κ2) is 3.52. The number of fused-ring (bicyclic) bond motifs is 1. The summed E-state index contributed by atoms with van der Waals surface area (Å²) in [6.45, 7) is 2.07. The minimum absolute atomic E-state index is 0. The van der Waals surface area contributed by atoms with Gasteiger partial charge in [0.1, 0.15) is 0 Å². The van der Waals surface area contributed by atoms with Gasteiger partial charge in [0.05, 0.1) is 0 Å². The molecule has 1 heterocycles. The Hall–Kier alpha value is -0.440. The summed E-state index contributed by atoms with van der Waals surface area (Å²) < 4.78 is 0. The minimum Gasteiger partial charge on any atom is -0.504 e. The zero-order chi connectivity index (χ0) is 7.84. The molecule has 0 saturated heterocycles. The molecule has 0 aromatic heterocycles. The summed E-state index contributed by atoms with van der Waals surface area (Å²) in [6, 6.07) is 8.36. The molecule has 12 heavy (non-hydrogen) atoms. The zero-order valence-corrected chi connectivity index (χ0v) is 9.25. The van der Waals surface area contributed by atoms with Crippen molar-refractivity contribution in [2.24, 2.45) is 0 Å². The van der Waals surface area contributed by atoms with Crippen LogP contribution in [0.2, 0.25) is 0 Å². The molecular formula is C9H11AuN2. The number of rotatable bonds is 0. The van der Waals surface area contributed by atoms with Crippen LogP contribution >= 0.6 is 0 Å². The minimum atomic E-state index is 0. The zero-order valence-electron chi connectivity index (χ0n) is 7.08. The van der Waals surface area contributed by atoms with Gasteiger partial charge >= 0.3 is 22.4 Å². The molecular weight excluding hydrogens is 333 g/mol. The van der Waals surface area contributed by atoms with Crippen molar-refractivity contribution in [1.82, 2.24) is 0 Å². The van der Waals surface area contributed by atoms with Crippen molar-refractivity contribution in [3.63, 3.8) is 0 Å². The van der Waals surface area contributed by atoms with E-state index in [0.717, 1.165) is 0 Å². The standard InChI is InChI=1S/C9H11N2.Au/c1-10-7-11(2)9-6-4-3-5-8(9)10;/h3-7H,1-2H3;/q-1;+1. The Morgan fingerprint density at radius 3 is 1.83 bits per heavy atom. The largest absolute Gasteiger partial charge is 1.00 e. The number of hydrogen-bond acceptors (Lipinski definition) is 2. The molecule has 2 rings (SSSR count). The van der Waals surface area contributed by atoms with Gasteiger partial charge in [0.25, 0.3) is 0 Å². The summed E-state index contributed by atoms with van der Waals surface area (Å²) in [5.74, 6) is 0. The Morgan fingerprint density at radius 1 is 1.00 bits per heavy atom. The molecule has 1 aromatic rings. The van der Waals surface area contributed by atoms with Crippen LogP contribution < -0.4 is 9.80 Å². The molecule has 0 atom stereocenters. The molecule has 1 aromatic carbocycles. The first kappa shape index (κ1) is 9.65. The van der Waals surface area contributed by atoms with Crippen LogP contribution in [-0.4, -0.2) is 14.1 Å². The Balaban J connectivity index is 0.000000720. The average Bonchev–Trinajstić information content (AvgIpc) is 2.30. The average molecular weight is 344 g/mol. The van der Waals surface area contributed by atoms with Gasteiger partial charge in [0.15, 0.2) is 0 Å². The molecule has 3 heteroatoms. The van der Waals surface area contributed by atoms with E-state index in [1.165, 1.54) is 11.4 Å². The first-order chi connectivity index (χ1) is 5.29. The monoisotopic (exact) mass is 344 g/mol. The molecule has 0 saturated carbocycles. The summed E-state index contributed by atoms with van der Waals surface area (Å²) in [6.07, 6.45) is 0. The number of nitrogens with zero attached hydrogens (tertiary/aromatic N) is 2. The van der Waals surface area contributed by atoms with E-state index in [0.29, 0.717) is 0 Å². The fraction of sp³-hybridized carbons (Fsp3) is 0.222. The van der Waals surface area contributed by atoms with Crippen molar-refractivity contribution in [1.29, 1.82) is 0 Å². The van der Waals surface area contributed by atoms with Crippen molar-refractivity contribution >= 4 is 11.4 Å². The third kappa shape index (κ3) is 1.38. The van der Waals surface area contributed by atoms with E-state index in [-0.39, 0.29) is 22.4 Å². The van der Waals surface area contributed by atoms with Gasteiger partial charge < -0.3 is 9.80 Å². The summed E-state index contributed by atoms with van der Waals surface area (Å²) >= 11 is 0. The molecule has 1 aliphatic heterocycles. The number of benzene rings is 1. The second-order valence-corrected chi connectivity index (χ2v) is 2.83. The topological polar surface area (TPSA) is 6.48 Å². The van der Waals surface area contributed by atoms with Crippen LogP contribution in [-0.2, 0) is 22.4 Å². The van der Waals surface area contributed by atoms with Crippen molar-refractivity contribution in [3.8, 4) is 0 Å². The Bertz CT molecular complexity index is 248. The second-order valence-electron chi connectivity index (χ2n) is 2.83. The predicted molar refractivity (Wildman–Crippen MR) is 47.5 cm³/mol. The van der Waals surface area contributed by atoms with Crippen LogP contribution in [0.4, 0.5) is 11.4 Å². The molecule has 2 nitrogen and oxygen atoms in total. The molecule has 0 fully saturated rings. The molecule has 68 valence electrons. The van der Waals surface area contributed by atoms with Crippen LogP contribution in [0, 0.1) is 6.67 Å². The van der Waals surface area contributed by atoms with E-state index in [1.807, 2.05) is 0 Å². The van der Waals surface area contributed by atoms with Crippen LogP contribution in [0.5, 0.6) is 0 Å². The van der Waals surface area contributed by atoms with Gasteiger partial charge in [-0.15, -0.1) is 0 Å². The molecule has 0 N–H and O–H groups in total. The maximum atomic E-state index is 2.12. The van der Waals surface area contributed by atoms with E-state index in [4.69, 9.17) is 0 Å². The Labute approximate surface area is 88.7 Å². The number of para-hydroxylation sites is 2. The van der Waals surface area contributed by atoms with Gasteiger partial charge in [-0.3, -0.25) is 0 Å². The van der Waals surface area contributed by atoms with Crippen molar-refractivity contribution in [2.45, 2.75) is 0 Å². The fourth-order valence-corrected chi connectivity index (χ4v) is 1.44. The van der Waals surface area contributed by atoms with E-state index in [9.17, 15) is 0 Å². The molecule has 0 amide bonds. The van der Waals surface area contributed by atoms with Crippen LogP contribution in [0.1, 0.15) is 0 Å². The normalized spacial score (nSPS) is 14.2. The predicted octanol–water partition coefficient (Wildman–Crippen LogP) is 1.69. The van der Waals surface area contributed by atoms with Gasteiger partial charge in [-0.2, -0.15) is 6.67 Å². The van der Waals surface area contributed by atoms with Crippen molar-refractivity contribution in [3.05, 3.63) is 30.9 Å². The maximum Gasteiger partial charge on any atom is 1.00 e. The molecule has 0 spiro atoms. The SMILES string of the molecule is CN1[CH-]N(C)c2ccccc21.[Au+]. The summed E-state index contributed by atoms with van der Waals surface area (Å²) in [5.41, 5.74) is 2.55. The molecule has 0 aliphatic carbocycles. The summed E-state index contributed by atoms with van der Waals surface area (Å²) in [7, 11) is 4.12. The van der Waals surface area contributed by atoms with Gasteiger partial charge in [-0.05, 0) is 26.2 Å². The van der Waals surface area contributed by atoms with E-state index >= 15 is 0 Å². The number of anilines is 2. The first-order valence-electron chi connectivity index (χ1n) is 3.69. The Morgan fingerprint density at radius 2 is 1.42 bits per heavy atom. The Kier molecular flexibility index (Phi) is 2.83. The van der Waals surface area contributed by atoms with Crippen molar-refractivity contribution in [2.75, 3.05) is 23.9 Å². The van der Waals surface area contributed by atoms with Gasteiger partial charge in [-0.25, -0.2) is 0 Å². The maximum absolute atomic E-state index is 2.12. The number of hydrogen-bond donors (Lipinski definition) is 0. The summed E-state index contributed by atoms with van der Waals surface area (Å²) in [5, 5.41) is 0. The van der Waals surface area contributed by atoms with Gasteiger partial charge in [-0.1, -0.05) is 12.1 Å². The van der Waals surface area contributed by atoms with Crippen LogP contribution in [0.15, 0.2) is 24.3 Å². The molecule has 0 unspecified atom stereocenters. The van der Waals surface area contributed by atoms with Crippen LogP contribution in [0.25, 0.3) is 0 Å². The smallest absolute Gasteiger partial charge is 0.504 e. The van der Waals surface area contributed by atoms with E-state index in [2.05, 4.69) is 54.8 Å². The molecule has 0 radical (unpaired) electrons. The fourth-order valence-electron chi connectivity index (χ4n) is 1.44. The van der Waals surface area contributed by atoms with Crippen LogP contribution in [0.3, 0.4) is 0 Å². The third-order valence-electron chi connectivity index (χ3n) is 1.99. The van der Waals surface area contributed by atoms with Gasteiger partial charge in [0, 0.05) is 11.4 Å². The van der Waals surface area contributed by atoms with E-state index < -0.39 is 0 Å². The first-order valence-corrected chi connectivity index (χ1v) is 3.69.